The van der Waals surface area contributed by atoms with Crippen molar-refractivity contribution in [2.24, 2.45) is 0 Å². The Balaban J connectivity index is 1.72. The number of aryl methyl sites for hydroxylation is 1. The van der Waals surface area contributed by atoms with E-state index in [2.05, 4.69) is 11.4 Å². The number of amides is 1. The number of nitrogens with zero attached hydrogens (tertiary/aromatic N) is 1. The fourth-order valence-corrected chi connectivity index (χ4v) is 3.03. The molecular formula is C18H19ClN2O. The Morgan fingerprint density at radius 1 is 1.23 bits per heavy atom. The zero-order valence-corrected chi connectivity index (χ0v) is 13.4. The molecule has 2 aromatic carbocycles. The monoisotopic (exact) mass is 314 g/mol. The van der Waals surface area contributed by atoms with Crippen LogP contribution in [-0.4, -0.2) is 19.0 Å². The summed E-state index contributed by atoms with van der Waals surface area (Å²) >= 11 is 6.11. The largest absolute Gasteiger partial charge is 0.376 e. The highest BCUT2D eigenvalue weighted by Crippen LogP contribution is 2.27. The van der Waals surface area contributed by atoms with Crippen LogP contribution in [0.5, 0.6) is 0 Å². The van der Waals surface area contributed by atoms with E-state index in [9.17, 15) is 4.79 Å². The zero-order valence-electron chi connectivity index (χ0n) is 12.6. The Morgan fingerprint density at radius 2 is 2.05 bits per heavy atom. The van der Waals surface area contributed by atoms with Crippen LogP contribution in [0.4, 0.5) is 11.4 Å². The summed E-state index contributed by atoms with van der Waals surface area (Å²) in [7, 11) is 0. The van der Waals surface area contributed by atoms with Gasteiger partial charge in [0.2, 0.25) is 5.91 Å². The van der Waals surface area contributed by atoms with Crippen molar-refractivity contribution >= 4 is 28.9 Å². The molecule has 114 valence electrons. The van der Waals surface area contributed by atoms with Crippen LogP contribution in [0.25, 0.3) is 0 Å². The molecule has 3 rings (SSSR count). The van der Waals surface area contributed by atoms with Gasteiger partial charge >= 0.3 is 0 Å². The van der Waals surface area contributed by atoms with Crippen molar-refractivity contribution in [3.8, 4) is 0 Å². The van der Waals surface area contributed by atoms with Gasteiger partial charge < -0.3 is 10.2 Å². The Hall–Kier alpha value is -2.00. The van der Waals surface area contributed by atoms with Gasteiger partial charge in [0.05, 0.1) is 6.54 Å². The lowest BCUT2D eigenvalue weighted by Gasteiger charge is -2.29. The number of anilines is 2. The minimum Gasteiger partial charge on any atom is -0.376 e. The second-order valence-electron chi connectivity index (χ2n) is 5.54. The maximum absolute atomic E-state index is 12.6. The lowest BCUT2D eigenvalue weighted by Crippen LogP contribution is -2.39. The number of halogens is 1. The van der Waals surface area contributed by atoms with Gasteiger partial charge in [0.1, 0.15) is 0 Å². The second-order valence-corrected chi connectivity index (χ2v) is 5.95. The van der Waals surface area contributed by atoms with Crippen LogP contribution >= 0.6 is 11.6 Å². The molecule has 3 nitrogen and oxygen atoms in total. The number of nitrogens with one attached hydrogen (secondary N) is 1. The maximum atomic E-state index is 12.6. The first-order valence-corrected chi connectivity index (χ1v) is 7.92. The highest BCUT2D eigenvalue weighted by atomic mass is 35.5. The summed E-state index contributed by atoms with van der Waals surface area (Å²) in [6.07, 6.45) is 2.06. The summed E-state index contributed by atoms with van der Waals surface area (Å²) in [6.45, 7) is 3.01. The molecule has 1 heterocycles. The summed E-state index contributed by atoms with van der Waals surface area (Å²) < 4.78 is 0. The maximum Gasteiger partial charge on any atom is 0.246 e. The topological polar surface area (TPSA) is 32.3 Å². The molecule has 0 atom stereocenters. The van der Waals surface area contributed by atoms with Gasteiger partial charge in [-0.25, -0.2) is 0 Å². The molecule has 4 heteroatoms. The minimum absolute atomic E-state index is 0.0894. The summed E-state index contributed by atoms with van der Waals surface area (Å²) in [5.74, 6) is 0.0894. The van der Waals surface area contributed by atoms with E-state index in [1.807, 2.05) is 48.2 Å². The number of para-hydroxylation sites is 1. The van der Waals surface area contributed by atoms with Crippen molar-refractivity contribution < 1.29 is 4.79 Å². The number of fused-ring (bicyclic) bond motifs is 1. The van der Waals surface area contributed by atoms with Crippen LogP contribution in [0.3, 0.4) is 0 Å². The Labute approximate surface area is 135 Å². The molecule has 1 N–H and O–H groups in total. The Morgan fingerprint density at radius 3 is 2.91 bits per heavy atom. The molecule has 0 unspecified atom stereocenters. The van der Waals surface area contributed by atoms with Crippen molar-refractivity contribution in [2.75, 3.05) is 23.3 Å². The molecule has 0 saturated carbocycles. The lowest BCUT2D eigenvalue weighted by atomic mass is 10.0. The number of rotatable bonds is 3. The fourth-order valence-electron chi connectivity index (χ4n) is 2.86. The number of hydrogen-bond donors (Lipinski definition) is 1. The predicted octanol–water partition coefficient (Wildman–Crippen LogP) is 4.04. The highest BCUT2D eigenvalue weighted by molar-refractivity contribution is 6.31. The third kappa shape index (κ3) is 2.95. The van der Waals surface area contributed by atoms with Crippen LogP contribution in [0.15, 0.2) is 42.5 Å². The van der Waals surface area contributed by atoms with E-state index in [-0.39, 0.29) is 12.5 Å². The van der Waals surface area contributed by atoms with Crippen molar-refractivity contribution in [1.29, 1.82) is 0 Å². The van der Waals surface area contributed by atoms with Gasteiger partial charge in [0.25, 0.3) is 0 Å². The molecule has 0 aromatic heterocycles. The molecule has 2 aromatic rings. The number of benzene rings is 2. The molecule has 0 saturated heterocycles. The Kier molecular flexibility index (Phi) is 4.34. The van der Waals surface area contributed by atoms with Gasteiger partial charge in [-0.05, 0) is 49.1 Å². The quantitative estimate of drug-likeness (QED) is 0.927. The van der Waals surface area contributed by atoms with Gasteiger partial charge in [-0.15, -0.1) is 0 Å². The number of carbonyl (C=O) groups excluding carboxylic acids is 1. The first kappa shape index (κ1) is 14.9. The standard InChI is InChI=1S/C18H19ClN2O/c1-13-15(19)8-4-9-16(13)20-12-18(22)21-11-5-7-14-6-2-3-10-17(14)21/h2-4,6,8-10,20H,5,7,11-12H2,1H3. The number of carbonyl (C=O) groups is 1. The molecule has 0 fully saturated rings. The summed E-state index contributed by atoms with van der Waals surface area (Å²) in [5, 5.41) is 3.92. The van der Waals surface area contributed by atoms with Crippen LogP contribution in [0, 0.1) is 6.92 Å². The van der Waals surface area contributed by atoms with E-state index in [0.717, 1.165) is 36.3 Å². The summed E-state index contributed by atoms with van der Waals surface area (Å²) in [6, 6.07) is 13.8. The van der Waals surface area contributed by atoms with Crippen molar-refractivity contribution in [1.82, 2.24) is 0 Å². The molecule has 1 aliphatic rings. The molecule has 22 heavy (non-hydrogen) atoms. The summed E-state index contributed by atoms with van der Waals surface area (Å²) in [4.78, 5) is 14.4. The molecule has 0 radical (unpaired) electrons. The SMILES string of the molecule is Cc1c(Cl)cccc1NCC(=O)N1CCCc2ccccc21. The third-order valence-corrected chi connectivity index (χ3v) is 4.52. The first-order valence-electron chi connectivity index (χ1n) is 7.54. The van der Waals surface area contributed by atoms with Gasteiger partial charge in [-0.1, -0.05) is 35.9 Å². The van der Waals surface area contributed by atoms with Gasteiger partial charge in [-0.2, -0.15) is 0 Å². The predicted molar refractivity (Wildman–Crippen MR) is 91.8 cm³/mol. The van der Waals surface area contributed by atoms with E-state index >= 15 is 0 Å². The normalized spacial score (nSPS) is 13.6. The third-order valence-electron chi connectivity index (χ3n) is 4.11. The van der Waals surface area contributed by atoms with Crippen molar-refractivity contribution in [3.05, 3.63) is 58.6 Å². The molecule has 0 spiro atoms. The fraction of sp³-hybridized carbons (Fsp3) is 0.278. The van der Waals surface area contributed by atoms with E-state index in [0.29, 0.717) is 5.02 Å². The summed E-state index contributed by atoms with van der Waals surface area (Å²) in [5.41, 5.74) is 4.17. The van der Waals surface area contributed by atoms with E-state index in [1.165, 1.54) is 5.56 Å². The van der Waals surface area contributed by atoms with Crippen molar-refractivity contribution in [2.45, 2.75) is 19.8 Å². The van der Waals surface area contributed by atoms with Gasteiger partial charge in [-0.3, -0.25) is 4.79 Å². The van der Waals surface area contributed by atoms with Crippen LogP contribution in [0.2, 0.25) is 5.02 Å². The highest BCUT2D eigenvalue weighted by Gasteiger charge is 2.21. The van der Waals surface area contributed by atoms with E-state index in [4.69, 9.17) is 11.6 Å². The van der Waals surface area contributed by atoms with E-state index < -0.39 is 0 Å². The molecule has 1 aliphatic heterocycles. The van der Waals surface area contributed by atoms with Crippen molar-refractivity contribution in [3.63, 3.8) is 0 Å². The molecular weight excluding hydrogens is 296 g/mol. The molecule has 0 bridgehead atoms. The van der Waals surface area contributed by atoms with Crippen LogP contribution < -0.4 is 10.2 Å². The lowest BCUT2D eigenvalue weighted by molar-refractivity contribution is -0.117. The molecule has 0 aliphatic carbocycles. The van der Waals surface area contributed by atoms with Crippen LogP contribution in [0.1, 0.15) is 17.5 Å². The van der Waals surface area contributed by atoms with Gasteiger partial charge in [0, 0.05) is 22.9 Å². The zero-order chi connectivity index (χ0) is 15.5. The van der Waals surface area contributed by atoms with Gasteiger partial charge in [0.15, 0.2) is 0 Å². The number of hydrogen-bond acceptors (Lipinski definition) is 2. The first-order chi connectivity index (χ1) is 10.7. The van der Waals surface area contributed by atoms with E-state index in [1.54, 1.807) is 0 Å². The average molecular weight is 315 g/mol. The van der Waals surface area contributed by atoms with Crippen LogP contribution in [-0.2, 0) is 11.2 Å². The smallest absolute Gasteiger partial charge is 0.246 e. The average Bonchev–Trinajstić information content (AvgIpc) is 2.55. The minimum atomic E-state index is 0.0894. The molecule has 1 amide bonds. The second kappa shape index (κ2) is 6.41. The Bertz CT molecular complexity index is 699.